The van der Waals surface area contributed by atoms with E-state index in [1.54, 1.807) is 13.8 Å². The van der Waals surface area contributed by atoms with Crippen LogP contribution in [0.3, 0.4) is 0 Å². The molecule has 5 nitrogen and oxygen atoms in total. The summed E-state index contributed by atoms with van der Waals surface area (Å²) in [5, 5.41) is 8.79. The molecule has 0 saturated heterocycles. The number of sulfonamides is 1. The molecule has 0 fully saturated rings. The monoisotopic (exact) mass is 321 g/mol. The second kappa shape index (κ2) is 6.95. The van der Waals surface area contributed by atoms with E-state index in [2.05, 4.69) is 0 Å². The summed E-state index contributed by atoms with van der Waals surface area (Å²) in [5.74, 6) is -4.73. The van der Waals surface area contributed by atoms with E-state index in [9.17, 15) is 22.0 Å². The molecule has 1 aromatic carbocycles. The Morgan fingerprint density at radius 3 is 2.14 bits per heavy atom. The Morgan fingerprint density at radius 2 is 1.71 bits per heavy atom. The lowest BCUT2D eigenvalue weighted by atomic mass is 10.2. The number of carboxylic acids is 1. The topological polar surface area (TPSA) is 74.7 Å². The molecule has 0 aromatic heterocycles. The van der Waals surface area contributed by atoms with Gasteiger partial charge < -0.3 is 5.11 Å². The minimum Gasteiger partial charge on any atom is -0.477 e. The molecule has 1 aromatic rings. The van der Waals surface area contributed by atoms with Crippen molar-refractivity contribution in [2.45, 2.75) is 31.6 Å². The van der Waals surface area contributed by atoms with Crippen LogP contribution in [-0.2, 0) is 10.0 Å². The number of carboxylic acid groups (broad SMARTS) is 1. The van der Waals surface area contributed by atoms with E-state index in [4.69, 9.17) is 5.11 Å². The number of halogens is 2. The summed E-state index contributed by atoms with van der Waals surface area (Å²) in [4.78, 5) is 10.0. The molecule has 0 amide bonds. The standard InChI is InChI=1S/C13H17F2NO4S/c1-3-7-16(8-4-2)21(19,20)10-6-5-9(14)11(12(10)15)13(17)18/h5-6H,3-4,7-8H2,1-2H3,(H,17,18). The first-order chi connectivity index (χ1) is 9.77. The Morgan fingerprint density at radius 1 is 1.19 bits per heavy atom. The summed E-state index contributed by atoms with van der Waals surface area (Å²) in [5.41, 5.74) is -1.26. The second-order valence-corrected chi connectivity index (χ2v) is 6.35. The maximum absolute atomic E-state index is 14.1. The summed E-state index contributed by atoms with van der Waals surface area (Å²) < 4.78 is 53.3. The van der Waals surface area contributed by atoms with Crippen molar-refractivity contribution in [2.75, 3.05) is 13.1 Å². The molecule has 0 bridgehead atoms. The van der Waals surface area contributed by atoms with Gasteiger partial charge in [-0.1, -0.05) is 13.8 Å². The quantitative estimate of drug-likeness (QED) is 0.837. The molecule has 1 rings (SSSR count). The largest absolute Gasteiger partial charge is 0.477 e. The number of rotatable bonds is 7. The minimum atomic E-state index is -4.20. The van der Waals surface area contributed by atoms with Gasteiger partial charge in [-0.25, -0.2) is 22.0 Å². The van der Waals surface area contributed by atoms with Crippen LogP contribution in [-0.4, -0.2) is 36.9 Å². The minimum absolute atomic E-state index is 0.176. The highest BCUT2D eigenvalue weighted by Gasteiger charge is 2.30. The molecule has 0 aliphatic heterocycles. The highest BCUT2D eigenvalue weighted by molar-refractivity contribution is 7.89. The Balaban J connectivity index is 3.44. The van der Waals surface area contributed by atoms with Crippen LogP contribution in [0.15, 0.2) is 17.0 Å². The van der Waals surface area contributed by atoms with Crippen molar-refractivity contribution in [1.29, 1.82) is 0 Å². The average molecular weight is 321 g/mol. The fraction of sp³-hybridized carbons (Fsp3) is 0.462. The summed E-state index contributed by atoms with van der Waals surface area (Å²) in [6, 6.07) is 1.40. The third-order valence-electron chi connectivity index (χ3n) is 2.83. The molecule has 21 heavy (non-hydrogen) atoms. The van der Waals surface area contributed by atoms with Crippen LogP contribution in [0.1, 0.15) is 37.0 Å². The number of nitrogens with zero attached hydrogens (tertiary/aromatic N) is 1. The molecular formula is C13H17F2NO4S. The van der Waals surface area contributed by atoms with E-state index in [-0.39, 0.29) is 13.1 Å². The maximum Gasteiger partial charge on any atom is 0.341 e. The van der Waals surface area contributed by atoms with Crippen molar-refractivity contribution >= 4 is 16.0 Å². The molecule has 0 spiro atoms. The van der Waals surface area contributed by atoms with Crippen LogP contribution in [0.4, 0.5) is 8.78 Å². The third kappa shape index (κ3) is 3.56. The van der Waals surface area contributed by atoms with E-state index < -0.39 is 38.1 Å². The Kier molecular flexibility index (Phi) is 5.79. The zero-order valence-electron chi connectivity index (χ0n) is 11.8. The lowest BCUT2D eigenvalue weighted by Crippen LogP contribution is -2.33. The number of benzene rings is 1. The zero-order valence-corrected chi connectivity index (χ0v) is 12.6. The van der Waals surface area contributed by atoms with Crippen LogP contribution in [0, 0.1) is 11.6 Å². The first kappa shape index (κ1) is 17.5. The third-order valence-corrected chi connectivity index (χ3v) is 4.75. The van der Waals surface area contributed by atoms with Crippen molar-refractivity contribution in [3.05, 3.63) is 29.3 Å². The van der Waals surface area contributed by atoms with Gasteiger partial charge in [0, 0.05) is 13.1 Å². The summed E-state index contributed by atoms with van der Waals surface area (Å²) in [6.45, 7) is 3.88. The van der Waals surface area contributed by atoms with E-state index in [1.807, 2.05) is 0 Å². The van der Waals surface area contributed by atoms with Gasteiger partial charge in [0.05, 0.1) is 0 Å². The zero-order chi connectivity index (χ0) is 16.2. The molecule has 0 aliphatic rings. The lowest BCUT2D eigenvalue weighted by molar-refractivity contribution is 0.0685. The van der Waals surface area contributed by atoms with Gasteiger partial charge in [0.25, 0.3) is 0 Å². The number of aromatic carboxylic acids is 1. The number of hydrogen-bond donors (Lipinski definition) is 1. The normalized spacial score (nSPS) is 11.9. The van der Waals surface area contributed by atoms with E-state index in [1.165, 1.54) is 0 Å². The lowest BCUT2D eigenvalue weighted by Gasteiger charge is -2.21. The predicted octanol–water partition coefficient (Wildman–Crippen LogP) is 2.47. The van der Waals surface area contributed by atoms with Crippen molar-refractivity contribution in [2.24, 2.45) is 0 Å². The molecule has 0 aliphatic carbocycles. The number of carbonyl (C=O) groups is 1. The average Bonchev–Trinajstić information content (AvgIpc) is 2.37. The Bertz CT molecular complexity index is 625. The highest BCUT2D eigenvalue weighted by atomic mass is 32.2. The van der Waals surface area contributed by atoms with Gasteiger partial charge in [-0.3, -0.25) is 0 Å². The van der Waals surface area contributed by atoms with Crippen molar-refractivity contribution < 1.29 is 27.1 Å². The fourth-order valence-electron chi connectivity index (χ4n) is 1.92. The van der Waals surface area contributed by atoms with Gasteiger partial charge in [0.15, 0.2) is 5.82 Å². The molecule has 0 unspecified atom stereocenters. The van der Waals surface area contributed by atoms with Gasteiger partial charge in [0.1, 0.15) is 16.3 Å². The molecule has 0 saturated carbocycles. The first-order valence-corrected chi connectivity index (χ1v) is 7.92. The molecule has 0 radical (unpaired) electrons. The van der Waals surface area contributed by atoms with Crippen LogP contribution >= 0.6 is 0 Å². The van der Waals surface area contributed by atoms with Crippen LogP contribution in [0.5, 0.6) is 0 Å². The van der Waals surface area contributed by atoms with Gasteiger partial charge in [-0.05, 0) is 25.0 Å². The highest BCUT2D eigenvalue weighted by Crippen LogP contribution is 2.24. The molecule has 0 atom stereocenters. The predicted molar refractivity (Wildman–Crippen MR) is 72.7 cm³/mol. The van der Waals surface area contributed by atoms with Crippen LogP contribution in [0.25, 0.3) is 0 Å². The van der Waals surface area contributed by atoms with Gasteiger partial charge >= 0.3 is 5.97 Å². The van der Waals surface area contributed by atoms with Gasteiger partial charge in [-0.2, -0.15) is 4.31 Å². The summed E-state index contributed by atoms with van der Waals surface area (Å²) >= 11 is 0. The van der Waals surface area contributed by atoms with Crippen LogP contribution < -0.4 is 0 Å². The summed E-state index contributed by atoms with van der Waals surface area (Å²) in [6.07, 6.45) is 1.04. The van der Waals surface area contributed by atoms with E-state index in [0.717, 1.165) is 10.4 Å². The maximum atomic E-state index is 14.1. The number of hydrogen-bond acceptors (Lipinski definition) is 3. The molecular weight excluding hydrogens is 304 g/mol. The Labute approximate surface area is 122 Å². The van der Waals surface area contributed by atoms with Crippen molar-refractivity contribution in [3.8, 4) is 0 Å². The molecule has 8 heteroatoms. The smallest absolute Gasteiger partial charge is 0.341 e. The molecule has 118 valence electrons. The first-order valence-electron chi connectivity index (χ1n) is 6.48. The van der Waals surface area contributed by atoms with Crippen molar-refractivity contribution in [3.63, 3.8) is 0 Å². The summed E-state index contributed by atoms with van der Waals surface area (Å²) in [7, 11) is -4.20. The second-order valence-electron chi connectivity index (χ2n) is 4.44. The van der Waals surface area contributed by atoms with Crippen molar-refractivity contribution in [1.82, 2.24) is 4.31 Å². The Hall–Kier alpha value is -1.54. The molecule has 1 N–H and O–H groups in total. The SMILES string of the molecule is CCCN(CCC)S(=O)(=O)c1ccc(F)c(C(=O)O)c1F. The van der Waals surface area contributed by atoms with E-state index in [0.29, 0.717) is 18.9 Å². The van der Waals surface area contributed by atoms with Crippen LogP contribution in [0.2, 0.25) is 0 Å². The van der Waals surface area contributed by atoms with Gasteiger partial charge in [-0.15, -0.1) is 0 Å². The molecule has 0 heterocycles. The van der Waals surface area contributed by atoms with E-state index >= 15 is 0 Å². The fourth-order valence-corrected chi connectivity index (χ4v) is 3.61. The van der Waals surface area contributed by atoms with Gasteiger partial charge in [0.2, 0.25) is 10.0 Å².